The molecule has 3 atom stereocenters. The molecule has 138 valence electrons. The first kappa shape index (κ1) is 17.5. The molecule has 3 unspecified atom stereocenters. The van der Waals surface area contributed by atoms with Gasteiger partial charge in [0.1, 0.15) is 5.04 Å². The van der Waals surface area contributed by atoms with Gasteiger partial charge in [0.2, 0.25) is 0 Å². The zero-order valence-corrected chi connectivity index (χ0v) is 16.1. The van der Waals surface area contributed by atoms with Crippen LogP contribution in [0.5, 0.6) is 0 Å². The minimum absolute atomic E-state index is 0.0983. The van der Waals surface area contributed by atoms with Crippen molar-refractivity contribution in [3.63, 3.8) is 0 Å². The standard InChI is InChI=1S/C20H25N3O2S/c1-12-5-3-7-15(12)16-8-4-6-13-9-17(23(21-2)19(13)16)20-22-14(11-26-20)10-18(24)25/h4,6,8-9,12,14-15,21H,3,5,7,10-11H2,1-2H3,(H,24,25). The highest BCUT2D eigenvalue weighted by Crippen LogP contribution is 2.42. The van der Waals surface area contributed by atoms with Crippen LogP contribution in [0.25, 0.3) is 10.9 Å². The van der Waals surface area contributed by atoms with E-state index in [0.717, 1.165) is 16.5 Å². The summed E-state index contributed by atoms with van der Waals surface area (Å²) in [6, 6.07) is 8.63. The maximum atomic E-state index is 11.0. The Balaban J connectivity index is 1.79. The molecule has 5 nitrogen and oxygen atoms in total. The van der Waals surface area contributed by atoms with E-state index in [4.69, 9.17) is 5.11 Å². The predicted octanol–water partition coefficient (Wildman–Crippen LogP) is 4.05. The third-order valence-corrected chi connectivity index (χ3v) is 6.82. The summed E-state index contributed by atoms with van der Waals surface area (Å²) in [4.78, 5) is 15.7. The van der Waals surface area contributed by atoms with Crippen LogP contribution in [0.4, 0.5) is 0 Å². The first-order chi connectivity index (χ1) is 12.6. The molecule has 1 aliphatic carbocycles. The Morgan fingerprint density at radius 2 is 2.27 bits per heavy atom. The fourth-order valence-electron chi connectivity index (χ4n) is 4.44. The summed E-state index contributed by atoms with van der Waals surface area (Å²) in [5, 5.41) is 11.2. The number of hydrogen-bond acceptors (Lipinski definition) is 4. The van der Waals surface area contributed by atoms with E-state index < -0.39 is 5.97 Å². The van der Waals surface area contributed by atoms with Crippen molar-refractivity contribution in [2.75, 3.05) is 18.2 Å². The Bertz CT molecular complexity index is 873. The van der Waals surface area contributed by atoms with Gasteiger partial charge < -0.3 is 10.5 Å². The average Bonchev–Trinajstić information content (AvgIpc) is 3.31. The van der Waals surface area contributed by atoms with E-state index in [2.05, 4.69) is 46.3 Å². The van der Waals surface area contributed by atoms with Gasteiger partial charge in [0.25, 0.3) is 0 Å². The minimum atomic E-state index is -0.785. The topological polar surface area (TPSA) is 66.6 Å². The van der Waals surface area contributed by atoms with Crippen molar-refractivity contribution in [3.8, 4) is 0 Å². The molecule has 26 heavy (non-hydrogen) atoms. The Hall–Kier alpha value is -1.95. The van der Waals surface area contributed by atoms with Gasteiger partial charge in [-0.2, -0.15) is 0 Å². The smallest absolute Gasteiger partial charge is 0.305 e. The molecule has 0 bridgehead atoms. The van der Waals surface area contributed by atoms with E-state index in [1.165, 1.54) is 35.7 Å². The maximum Gasteiger partial charge on any atom is 0.305 e. The number of aliphatic carboxylic acids is 1. The molecular formula is C20H25N3O2S. The Labute approximate surface area is 157 Å². The van der Waals surface area contributed by atoms with Gasteiger partial charge in [0.05, 0.1) is 23.7 Å². The van der Waals surface area contributed by atoms with Crippen LogP contribution >= 0.6 is 11.8 Å². The molecule has 0 amide bonds. The Morgan fingerprint density at radius 1 is 1.42 bits per heavy atom. The second-order valence-corrected chi connectivity index (χ2v) is 8.39. The second kappa shape index (κ2) is 6.99. The summed E-state index contributed by atoms with van der Waals surface area (Å²) >= 11 is 1.65. The van der Waals surface area contributed by atoms with Crippen LogP contribution in [0.15, 0.2) is 29.3 Å². The molecule has 2 heterocycles. The van der Waals surface area contributed by atoms with E-state index in [1.54, 1.807) is 11.8 Å². The zero-order valence-electron chi connectivity index (χ0n) is 15.2. The van der Waals surface area contributed by atoms with Gasteiger partial charge in [-0.05, 0) is 29.9 Å². The van der Waals surface area contributed by atoms with Crippen LogP contribution < -0.4 is 5.43 Å². The number of nitrogens with zero attached hydrogens (tertiary/aromatic N) is 2. The normalized spacial score (nSPS) is 25.6. The molecule has 0 radical (unpaired) electrons. The molecule has 1 aromatic carbocycles. The van der Waals surface area contributed by atoms with Crippen molar-refractivity contribution >= 4 is 33.7 Å². The summed E-state index contributed by atoms with van der Waals surface area (Å²) in [7, 11) is 1.94. The largest absolute Gasteiger partial charge is 0.481 e. The summed E-state index contributed by atoms with van der Waals surface area (Å²) in [5.41, 5.74) is 7.04. The molecule has 1 saturated carbocycles. The predicted molar refractivity (Wildman–Crippen MR) is 108 cm³/mol. The quantitative estimate of drug-likeness (QED) is 0.832. The second-order valence-electron chi connectivity index (χ2n) is 7.39. The van der Waals surface area contributed by atoms with Crippen LogP contribution in [0, 0.1) is 5.92 Å². The monoisotopic (exact) mass is 371 g/mol. The minimum Gasteiger partial charge on any atom is -0.481 e. The first-order valence-electron chi connectivity index (χ1n) is 9.33. The average molecular weight is 372 g/mol. The van der Waals surface area contributed by atoms with Gasteiger partial charge in [0, 0.05) is 18.2 Å². The van der Waals surface area contributed by atoms with Crippen LogP contribution in [0.2, 0.25) is 0 Å². The highest BCUT2D eigenvalue weighted by Gasteiger charge is 2.29. The van der Waals surface area contributed by atoms with Crippen LogP contribution in [0.3, 0.4) is 0 Å². The molecular weight excluding hydrogens is 346 g/mol. The molecule has 2 N–H and O–H groups in total. The maximum absolute atomic E-state index is 11.0. The molecule has 0 saturated heterocycles. The van der Waals surface area contributed by atoms with E-state index in [-0.39, 0.29) is 12.5 Å². The number of thioether (sulfide) groups is 1. The highest BCUT2D eigenvalue weighted by molar-refractivity contribution is 8.14. The molecule has 2 aromatic rings. The number of aromatic nitrogens is 1. The third kappa shape index (κ3) is 3.00. The van der Waals surface area contributed by atoms with Crippen molar-refractivity contribution in [1.82, 2.24) is 4.68 Å². The van der Waals surface area contributed by atoms with Crippen molar-refractivity contribution < 1.29 is 9.90 Å². The number of fused-ring (bicyclic) bond motifs is 1. The number of nitrogens with one attached hydrogen (secondary N) is 1. The van der Waals surface area contributed by atoms with Crippen LogP contribution in [-0.4, -0.2) is 39.6 Å². The summed E-state index contributed by atoms with van der Waals surface area (Å²) in [6.07, 6.45) is 3.95. The summed E-state index contributed by atoms with van der Waals surface area (Å²) in [6.45, 7) is 2.36. The van der Waals surface area contributed by atoms with Crippen molar-refractivity contribution in [1.29, 1.82) is 0 Å². The van der Waals surface area contributed by atoms with Gasteiger partial charge in [-0.1, -0.05) is 38.0 Å². The lowest BCUT2D eigenvalue weighted by molar-refractivity contribution is -0.137. The first-order valence-corrected chi connectivity index (χ1v) is 10.3. The Morgan fingerprint density at radius 3 is 2.96 bits per heavy atom. The van der Waals surface area contributed by atoms with Gasteiger partial charge in [-0.3, -0.25) is 14.5 Å². The van der Waals surface area contributed by atoms with Gasteiger partial charge >= 0.3 is 5.97 Å². The van der Waals surface area contributed by atoms with Crippen LogP contribution in [-0.2, 0) is 4.79 Å². The number of benzene rings is 1. The lowest BCUT2D eigenvalue weighted by atomic mass is 9.89. The number of para-hydroxylation sites is 1. The number of aliphatic imine (C=N–C) groups is 1. The Kier molecular flexibility index (Phi) is 4.69. The van der Waals surface area contributed by atoms with Crippen molar-refractivity contribution in [2.24, 2.45) is 10.9 Å². The molecule has 1 fully saturated rings. The zero-order chi connectivity index (χ0) is 18.3. The molecule has 0 spiro atoms. The molecule has 1 aromatic heterocycles. The lowest BCUT2D eigenvalue weighted by Gasteiger charge is -2.19. The summed E-state index contributed by atoms with van der Waals surface area (Å²) < 4.78 is 2.14. The summed E-state index contributed by atoms with van der Waals surface area (Å²) in [5.74, 6) is 1.26. The lowest BCUT2D eigenvalue weighted by Crippen LogP contribution is -2.16. The van der Waals surface area contributed by atoms with Gasteiger partial charge in [-0.25, -0.2) is 0 Å². The van der Waals surface area contributed by atoms with E-state index in [0.29, 0.717) is 11.8 Å². The van der Waals surface area contributed by atoms with Gasteiger partial charge in [-0.15, -0.1) is 11.8 Å². The number of carbonyl (C=O) groups is 1. The molecule has 1 aliphatic heterocycles. The van der Waals surface area contributed by atoms with Gasteiger partial charge in [0.15, 0.2) is 0 Å². The van der Waals surface area contributed by atoms with Crippen molar-refractivity contribution in [2.45, 2.75) is 44.6 Å². The third-order valence-electron chi connectivity index (χ3n) is 5.68. The number of carboxylic acid groups (broad SMARTS) is 1. The SMILES string of the molecule is CNn1c(C2=NC(CC(=O)O)CS2)cc2cccc(C3CCCC3C)c21. The van der Waals surface area contributed by atoms with Crippen molar-refractivity contribution in [3.05, 3.63) is 35.5 Å². The number of carboxylic acids is 1. The molecule has 4 rings (SSSR count). The van der Waals surface area contributed by atoms with Crippen LogP contribution in [0.1, 0.15) is 49.8 Å². The number of rotatable bonds is 5. The van der Waals surface area contributed by atoms with E-state index >= 15 is 0 Å². The molecule has 6 heteroatoms. The number of hydrogen-bond donors (Lipinski definition) is 2. The molecule has 2 aliphatic rings. The highest BCUT2D eigenvalue weighted by atomic mass is 32.2. The fraction of sp³-hybridized carbons (Fsp3) is 0.500. The fourth-order valence-corrected chi connectivity index (χ4v) is 5.51. The van der Waals surface area contributed by atoms with E-state index in [9.17, 15) is 4.79 Å². The van der Waals surface area contributed by atoms with E-state index in [1.807, 2.05) is 7.05 Å².